The van der Waals surface area contributed by atoms with Gasteiger partial charge in [-0.2, -0.15) is 8.78 Å². The first-order valence-corrected chi connectivity index (χ1v) is 9.87. The van der Waals surface area contributed by atoms with Crippen LogP contribution in [0.3, 0.4) is 0 Å². The van der Waals surface area contributed by atoms with Crippen LogP contribution >= 0.6 is 15.9 Å². The Labute approximate surface area is 179 Å². The molecular weight excluding hydrogens is 459 g/mol. The molecule has 1 N–H and O–H groups in total. The largest absolute Gasteiger partial charge is 0.353 e. The highest BCUT2D eigenvalue weighted by Crippen LogP contribution is 2.27. The maximum absolute atomic E-state index is 14.5. The number of halogens is 4. The summed E-state index contributed by atoms with van der Waals surface area (Å²) in [6.45, 7) is 1.21. The predicted molar refractivity (Wildman–Crippen MR) is 111 cm³/mol. The third-order valence-electron chi connectivity index (χ3n) is 4.80. The number of pyridine rings is 1. The Morgan fingerprint density at radius 2 is 1.73 bits per heavy atom. The zero-order valence-corrected chi connectivity index (χ0v) is 17.3. The van der Waals surface area contributed by atoms with Crippen LogP contribution in [0.25, 0.3) is 0 Å². The number of aromatic nitrogens is 1. The Morgan fingerprint density at radius 1 is 1.03 bits per heavy atom. The number of hydrogen-bond acceptors (Lipinski definition) is 4. The SMILES string of the molecule is Cc1nc(F)c(F)c(NC2N=C(c3ccc(Br)cc3)c3ccccc3CC2=O)c1F. The van der Waals surface area contributed by atoms with E-state index in [1.54, 1.807) is 12.1 Å². The molecular formula is C22H15BrF3N3O. The van der Waals surface area contributed by atoms with Crippen LogP contribution in [0.1, 0.15) is 22.4 Å². The molecule has 0 bridgehead atoms. The van der Waals surface area contributed by atoms with Crippen LogP contribution in [0.15, 0.2) is 58.0 Å². The number of hydrogen-bond donors (Lipinski definition) is 1. The number of aryl methyl sites for hydroxylation is 1. The number of Topliss-reactive ketones (excluding diaryl/α,β-unsaturated/α-hetero) is 1. The minimum absolute atomic E-state index is 0.00710. The summed E-state index contributed by atoms with van der Waals surface area (Å²) in [6.07, 6.45) is -1.30. The maximum Gasteiger partial charge on any atom is 0.251 e. The summed E-state index contributed by atoms with van der Waals surface area (Å²) in [6, 6.07) is 14.6. The van der Waals surface area contributed by atoms with Crippen molar-refractivity contribution in [2.75, 3.05) is 5.32 Å². The van der Waals surface area contributed by atoms with E-state index < -0.39 is 35.2 Å². The summed E-state index contributed by atoms with van der Waals surface area (Å²) in [5.74, 6) is -4.40. The Hall–Kier alpha value is -3.00. The van der Waals surface area contributed by atoms with Crippen LogP contribution in [0.2, 0.25) is 0 Å². The molecule has 1 unspecified atom stereocenters. The highest BCUT2D eigenvalue weighted by molar-refractivity contribution is 9.10. The summed E-state index contributed by atoms with van der Waals surface area (Å²) in [5, 5.41) is 2.46. The lowest BCUT2D eigenvalue weighted by Crippen LogP contribution is -2.30. The summed E-state index contributed by atoms with van der Waals surface area (Å²) >= 11 is 3.38. The standard InChI is InChI=1S/C22H15BrF3N3O/c1-11-17(24)20(18(25)21(26)27-11)29-22-16(30)10-13-4-2-3-5-15(13)19(28-22)12-6-8-14(23)9-7-12/h2-9,22H,10H2,1H3,(H,27,29). The van der Waals surface area contributed by atoms with Crippen molar-refractivity contribution in [3.8, 4) is 0 Å². The van der Waals surface area contributed by atoms with Gasteiger partial charge in [0.25, 0.3) is 5.95 Å². The van der Waals surface area contributed by atoms with E-state index >= 15 is 0 Å². The molecule has 30 heavy (non-hydrogen) atoms. The van der Waals surface area contributed by atoms with E-state index in [2.05, 4.69) is 31.2 Å². The lowest BCUT2D eigenvalue weighted by Gasteiger charge is -2.16. The predicted octanol–water partition coefficient (Wildman–Crippen LogP) is 4.97. The van der Waals surface area contributed by atoms with Gasteiger partial charge in [0, 0.05) is 22.0 Å². The molecule has 2 heterocycles. The fourth-order valence-corrected chi connectivity index (χ4v) is 3.56. The van der Waals surface area contributed by atoms with Crippen LogP contribution in [0, 0.1) is 24.5 Å². The molecule has 8 heteroatoms. The molecule has 1 aliphatic rings. The molecule has 0 aliphatic carbocycles. The zero-order chi connectivity index (χ0) is 21.4. The lowest BCUT2D eigenvalue weighted by molar-refractivity contribution is -0.118. The van der Waals surface area contributed by atoms with Gasteiger partial charge >= 0.3 is 0 Å². The van der Waals surface area contributed by atoms with Crippen LogP contribution in [0.4, 0.5) is 18.9 Å². The molecule has 4 nitrogen and oxygen atoms in total. The van der Waals surface area contributed by atoms with Gasteiger partial charge in [-0.15, -0.1) is 0 Å². The van der Waals surface area contributed by atoms with Crippen molar-refractivity contribution in [1.29, 1.82) is 0 Å². The van der Waals surface area contributed by atoms with Gasteiger partial charge in [-0.05, 0) is 24.6 Å². The third kappa shape index (κ3) is 3.75. The number of rotatable bonds is 3. The van der Waals surface area contributed by atoms with E-state index in [1.165, 1.54) is 6.92 Å². The number of fused-ring (bicyclic) bond motifs is 1. The molecule has 2 aromatic carbocycles. The zero-order valence-electron chi connectivity index (χ0n) is 15.7. The average molecular weight is 474 g/mol. The number of aliphatic imine (C=N–C) groups is 1. The van der Waals surface area contributed by atoms with Crippen LogP contribution in [0.5, 0.6) is 0 Å². The number of nitrogens with one attached hydrogen (secondary N) is 1. The second-order valence-electron chi connectivity index (χ2n) is 6.82. The van der Waals surface area contributed by atoms with Crippen molar-refractivity contribution in [1.82, 2.24) is 4.98 Å². The molecule has 1 atom stereocenters. The fourth-order valence-electron chi connectivity index (χ4n) is 3.30. The molecule has 0 saturated carbocycles. The molecule has 152 valence electrons. The first kappa shape index (κ1) is 20.3. The molecule has 4 rings (SSSR count). The molecule has 0 saturated heterocycles. The summed E-state index contributed by atoms with van der Waals surface area (Å²) in [4.78, 5) is 20.6. The summed E-state index contributed by atoms with van der Waals surface area (Å²) in [5.41, 5.74) is 1.63. The Kier molecular flexibility index (Phi) is 5.42. The number of carbonyl (C=O) groups excluding carboxylic acids is 1. The molecule has 0 fully saturated rings. The fraction of sp³-hybridized carbons (Fsp3) is 0.136. The topological polar surface area (TPSA) is 54.4 Å². The molecule has 0 radical (unpaired) electrons. The second kappa shape index (κ2) is 8.02. The minimum atomic E-state index is -1.49. The monoisotopic (exact) mass is 473 g/mol. The van der Waals surface area contributed by atoms with Gasteiger partial charge in [-0.25, -0.2) is 9.37 Å². The van der Waals surface area contributed by atoms with Gasteiger partial charge in [0.05, 0.1) is 11.4 Å². The van der Waals surface area contributed by atoms with E-state index in [9.17, 15) is 18.0 Å². The van der Waals surface area contributed by atoms with Gasteiger partial charge in [-0.3, -0.25) is 9.79 Å². The summed E-state index contributed by atoms with van der Waals surface area (Å²) in [7, 11) is 0. The van der Waals surface area contributed by atoms with Crippen molar-refractivity contribution in [2.45, 2.75) is 19.5 Å². The van der Waals surface area contributed by atoms with E-state index in [0.29, 0.717) is 5.71 Å². The number of ketones is 1. The van der Waals surface area contributed by atoms with Crippen molar-refractivity contribution < 1.29 is 18.0 Å². The van der Waals surface area contributed by atoms with E-state index in [4.69, 9.17) is 0 Å². The molecule has 3 aromatic rings. The molecule has 0 amide bonds. The van der Waals surface area contributed by atoms with Gasteiger partial charge < -0.3 is 5.32 Å². The first-order chi connectivity index (χ1) is 14.3. The van der Waals surface area contributed by atoms with Crippen molar-refractivity contribution in [2.24, 2.45) is 4.99 Å². The Bertz CT molecular complexity index is 1150. The maximum atomic E-state index is 14.5. The molecule has 0 spiro atoms. The van der Waals surface area contributed by atoms with Crippen molar-refractivity contribution >= 4 is 33.1 Å². The second-order valence-corrected chi connectivity index (χ2v) is 7.74. The normalized spacial score (nSPS) is 16.0. The highest BCUT2D eigenvalue weighted by Gasteiger charge is 2.29. The molecule has 1 aliphatic heterocycles. The van der Waals surface area contributed by atoms with Crippen LogP contribution in [-0.4, -0.2) is 22.6 Å². The van der Waals surface area contributed by atoms with E-state index in [0.717, 1.165) is 21.2 Å². The number of benzene rings is 2. The number of nitrogens with zero attached hydrogens (tertiary/aromatic N) is 2. The van der Waals surface area contributed by atoms with E-state index in [1.807, 2.05) is 36.4 Å². The first-order valence-electron chi connectivity index (χ1n) is 9.07. The summed E-state index contributed by atoms with van der Waals surface area (Å²) < 4.78 is 43.3. The van der Waals surface area contributed by atoms with E-state index in [-0.39, 0.29) is 12.1 Å². The number of anilines is 1. The van der Waals surface area contributed by atoms with Gasteiger partial charge in [0.15, 0.2) is 17.8 Å². The van der Waals surface area contributed by atoms with Crippen LogP contribution < -0.4 is 5.32 Å². The molecule has 1 aromatic heterocycles. The quantitative estimate of drug-likeness (QED) is 0.546. The smallest absolute Gasteiger partial charge is 0.251 e. The van der Waals surface area contributed by atoms with Crippen molar-refractivity contribution in [3.63, 3.8) is 0 Å². The highest BCUT2D eigenvalue weighted by atomic mass is 79.9. The Balaban J connectivity index is 1.84. The minimum Gasteiger partial charge on any atom is -0.353 e. The van der Waals surface area contributed by atoms with Gasteiger partial charge in [0.1, 0.15) is 5.69 Å². The van der Waals surface area contributed by atoms with Crippen LogP contribution in [-0.2, 0) is 11.2 Å². The van der Waals surface area contributed by atoms with Crippen molar-refractivity contribution in [3.05, 3.63) is 93.0 Å². The average Bonchev–Trinajstić information content (AvgIpc) is 2.86. The Morgan fingerprint density at radius 3 is 2.47 bits per heavy atom. The third-order valence-corrected chi connectivity index (χ3v) is 5.33. The number of carbonyl (C=O) groups is 1. The van der Waals surface area contributed by atoms with Gasteiger partial charge in [0.2, 0.25) is 5.82 Å². The lowest BCUT2D eigenvalue weighted by atomic mass is 9.96. The van der Waals surface area contributed by atoms with Gasteiger partial charge in [-0.1, -0.05) is 52.3 Å².